The minimum atomic E-state index is -0.975. The first-order valence-corrected chi connectivity index (χ1v) is 7.44. The van der Waals surface area contributed by atoms with Crippen LogP contribution in [0.1, 0.15) is 13.3 Å². The molecule has 23 heavy (non-hydrogen) atoms. The molecule has 8 heteroatoms. The van der Waals surface area contributed by atoms with Crippen molar-refractivity contribution >= 4 is 29.2 Å². The van der Waals surface area contributed by atoms with Gasteiger partial charge in [0.2, 0.25) is 5.91 Å². The van der Waals surface area contributed by atoms with Gasteiger partial charge >= 0.3 is 5.97 Å². The lowest BCUT2D eigenvalue weighted by molar-refractivity contribution is -0.138. The number of hydrogen-bond donors (Lipinski definition) is 2. The van der Waals surface area contributed by atoms with Crippen LogP contribution in [0, 0.1) is 0 Å². The number of amides is 1. The van der Waals surface area contributed by atoms with Crippen LogP contribution in [0.4, 0.5) is 5.69 Å². The van der Waals surface area contributed by atoms with Crippen LogP contribution in [-0.2, 0) is 9.59 Å². The number of methoxy groups -OCH3 is 2. The van der Waals surface area contributed by atoms with Crippen LogP contribution in [0.15, 0.2) is 12.1 Å². The molecule has 0 aliphatic rings. The van der Waals surface area contributed by atoms with Crippen molar-refractivity contribution in [1.29, 1.82) is 0 Å². The molecule has 0 fully saturated rings. The molecule has 0 saturated carbocycles. The molecule has 0 atom stereocenters. The number of nitrogens with zero attached hydrogens (tertiary/aromatic N) is 1. The van der Waals surface area contributed by atoms with Crippen LogP contribution in [0.2, 0.25) is 5.02 Å². The van der Waals surface area contributed by atoms with Crippen molar-refractivity contribution in [2.75, 3.05) is 39.2 Å². The van der Waals surface area contributed by atoms with Crippen molar-refractivity contribution < 1.29 is 24.2 Å². The molecule has 0 saturated heterocycles. The van der Waals surface area contributed by atoms with Crippen LogP contribution >= 0.6 is 11.6 Å². The fraction of sp³-hybridized carbons (Fsp3) is 0.467. The molecule has 0 bridgehead atoms. The quantitative estimate of drug-likeness (QED) is 0.713. The van der Waals surface area contributed by atoms with E-state index in [1.807, 2.05) is 6.92 Å². The Morgan fingerprint density at radius 2 is 1.87 bits per heavy atom. The standard InChI is InChI=1S/C15H21ClN2O5/c1-4-5-18(9-15(20)21)8-14(19)17-11-7-12(22-2)10(16)6-13(11)23-3/h6-7H,4-5,8-9H2,1-3H3,(H,17,19)(H,20,21). The Bertz CT molecular complexity index is 565. The third-order valence-corrected chi connectivity index (χ3v) is 3.31. The number of carbonyl (C=O) groups excluding carboxylic acids is 1. The highest BCUT2D eigenvalue weighted by Gasteiger charge is 2.16. The summed E-state index contributed by atoms with van der Waals surface area (Å²) < 4.78 is 10.3. The first kappa shape index (κ1) is 19.1. The third-order valence-electron chi connectivity index (χ3n) is 3.01. The Morgan fingerprint density at radius 1 is 1.22 bits per heavy atom. The van der Waals surface area contributed by atoms with Gasteiger partial charge in [0.1, 0.15) is 11.5 Å². The molecule has 0 aromatic heterocycles. The molecule has 0 unspecified atom stereocenters. The highest BCUT2D eigenvalue weighted by atomic mass is 35.5. The van der Waals surface area contributed by atoms with E-state index < -0.39 is 5.97 Å². The van der Waals surface area contributed by atoms with E-state index in [0.717, 1.165) is 6.42 Å². The van der Waals surface area contributed by atoms with E-state index in [-0.39, 0.29) is 19.0 Å². The zero-order valence-electron chi connectivity index (χ0n) is 13.4. The second-order valence-electron chi connectivity index (χ2n) is 4.84. The zero-order chi connectivity index (χ0) is 17.4. The topological polar surface area (TPSA) is 88.1 Å². The lowest BCUT2D eigenvalue weighted by atomic mass is 10.2. The van der Waals surface area contributed by atoms with Gasteiger partial charge in [-0.25, -0.2) is 0 Å². The number of aliphatic carboxylic acids is 1. The van der Waals surface area contributed by atoms with Crippen molar-refractivity contribution in [3.8, 4) is 11.5 Å². The molecular weight excluding hydrogens is 324 g/mol. The van der Waals surface area contributed by atoms with Crippen molar-refractivity contribution in [2.45, 2.75) is 13.3 Å². The summed E-state index contributed by atoms with van der Waals surface area (Å²) in [7, 11) is 2.93. The van der Waals surface area contributed by atoms with Crippen LogP contribution in [0.5, 0.6) is 11.5 Å². The highest BCUT2D eigenvalue weighted by Crippen LogP contribution is 2.35. The summed E-state index contributed by atoms with van der Waals surface area (Å²) in [4.78, 5) is 24.5. The SMILES string of the molecule is CCCN(CC(=O)O)CC(=O)Nc1cc(OC)c(Cl)cc1OC. The number of hydrogen-bond acceptors (Lipinski definition) is 5. The normalized spacial score (nSPS) is 10.5. The molecule has 7 nitrogen and oxygen atoms in total. The Hall–Kier alpha value is -1.99. The second kappa shape index (κ2) is 9.22. The van der Waals surface area contributed by atoms with Gasteiger partial charge in [0.05, 0.1) is 38.0 Å². The van der Waals surface area contributed by atoms with Gasteiger partial charge in [0.15, 0.2) is 0 Å². The molecule has 1 aromatic rings. The predicted octanol–water partition coefficient (Wildman–Crippen LogP) is 2.09. The summed E-state index contributed by atoms with van der Waals surface area (Å²) in [5, 5.41) is 11.9. The maximum atomic E-state index is 12.2. The summed E-state index contributed by atoms with van der Waals surface area (Å²) in [6, 6.07) is 3.09. The molecule has 1 amide bonds. The number of benzene rings is 1. The van der Waals surface area contributed by atoms with E-state index in [0.29, 0.717) is 28.8 Å². The van der Waals surface area contributed by atoms with E-state index in [1.54, 1.807) is 11.0 Å². The predicted molar refractivity (Wildman–Crippen MR) is 87.6 cm³/mol. The minimum Gasteiger partial charge on any atom is -0.495 e. The average molecular weight is 345 g/mol. The third kappa shape index (κ3) is 5.96. The van der Waals surface area contributed by atoms with Gasteiger partial charge in [-0.2, -0.15) is 0 Å². The van der Waals surface area contributed by atoms with Gasteiger partial charge in [0, 0.05) is 12.1 Å². The maximum Gasteiger partial charge on any atom is 0.317 e. The number of carboxylic acids is 1. The van der Waals surface area contributed by atoms with Gasteiger partial charge in [-0.15, -0.1) is 0 Å². The summed E-state index contributed by atoms with van der Waals surface area (Å²) in [5.74, 6) is -0.525. The molecule has 0 heterocycles. The fourth-order valence-corrected chi connectivity index (χ4v) is 2.30. The van der Waals surface area contributed by atoms with Crippen LogP contribution < -0.4 is 14.8 Å². The lowest BCUT2D eigenvalue weighted by Gasteiger charge is -2.19. The molecule has 0 aliphatic carbocycles. The first-order chi connectivity index (χ1) is 10.9. The molecule has 128 valence electrons. The Labute approximate surface area is 140 Å². The second-order valence-corrected chi connectivity index (χ2v) is 5.25. The number of anilines is 1. The Kier molecular flexibility index (Phi) is 7.64. The number of rotatable bonds is 9. The van der Waals surface area contributed by atoms with Gasteiger partial charge in [-0.05, 0) is 13.0 Å². The number of carboxylic acid groups (broad SMARTS) is 1. The van der Waals surface area contributed by atoms with Crippen molar-refractivity contribution in [3.05, 3.63) is 17.2 Å². The number of halogens is 1. The minimum absolute atomic E-state index is 0.0335. The van der Waals surface area contributed by atoms with Gasteiger partial charge < -0.3 is 19.9 Å². The van der Waals surface area contributed by atoms with E-state index in [9.17, 15) is 9.59 Å². The molecule has 0 radical (unpaired) electrons. The van der Waals surface area contributed by atoms with Gasteiger partial charge in [0.25, 0.3) is 0 Å². The van der Waals surface area contributed by atoms with Crippen molar-refractivity contribution in [3.63, 3.8) is 0 Å². The molecule has 0 spiro atoms. The maximum absolute atomic E-state index is 12.2. The summed E-state index contributed by atoms with van der Waals surface area (Å²) in [6.45, 7) is 2.21. The number of nitrogens with one attached hydrogen (secondary N) is 1. The molecular formula is C15H21ClN2O5. The number of carbonyl (C=O) groups is 2. The summed E-state index contributed by atoms with van der Waals surface area (Å²) >= 11 is 6.01. The van der Waals surface area contributed by atoms with Crippen LogP contribution in [0.25, 0.3) is 0 Å². The first-order valence-electron chi connectivity index (χ1n) is 7.06. The lowest BCUT2D eigenvalue weighted by Crippen LogP contribution is -2.37. The fourth-order valence-electron chi connectivity index (χ4n) is 2.07. The van der Waals surface area contributed by atoms with E-state index >= 15 is 0 Å². The molecule has 1 rings (SSSR count). The average Bonchev–Trinajstić information content (AvgIpc) is 2.48. The monoisotopic (exact) mass is 344 g/mol. The Morgan fingerprint density at radius 3 is 2.39 bits per heavy atom. The summed E-state index contributed by atoms with van der Waals surface area (Å²) in [5.41, 5.74) is 0.408. The molecule has 2 N–H and O–H groups in total. The van der Waals surface area contributed by atoms with Crippen molar-refractivity contribution in [2.24, 2.45) is 0 Å². The van der Waals surface area contributed by atoms with E-state index in [4.69, 9.17) is 26.2 Å². The molecule has 1 aromatic carbocycles. The van der Waals surface area contributed by atoms with Crippen LogP contribution in [0.3, 0.4) is 0 Å². The molecule has 0 aliphatic heterocycles. The largest absolute Gasteiger partial charge is 0.495 e. The van der Waals surface area contributed by atoms with Gasteiger partial charge in [-0.3, -0.25) is 14.5 Å². The Balaban J connectivity index is 2.84. The van der Waals surface area contributed by atoms with Gasteiger partial charge in [-0.1, -0.05) is 18.5 Å². The van der Waals surface area contributed by atoms with Crippen LogP contribution in [-0.4, -0.2) is 55.7 Å². The van der Waals surface area contributed by atoms with E-state index in [2.05, 4.69) is 5.32 Å². The van der Waals surface area contributed by atoms with Crippen molar-refractivity contribution in [1.82, 2.24) is 4.90 Å². The number of ether oxygens (including phenoxy) is 2. The zero-order valence-corrected chi connectivity index (χ0v) is 14.1. The highest BCUT2D eigenvalue weighted by molar-refractivity contribution is 6.32. The smallest absolute Gasteiger partial charge is 0.317 e. The van der Waals surface area contributed by atoms with E-state index in [1.165, 1.54) is 20.3 Å². The summed E-state index contributed by atoms with van der Waals surface area (Å²) in [6.07, 6.45) is 0.749.